The van der Waals surface area contributed by atoms with Gasteiger partial charge in [-0.15, -0.1) is 0 Å². The number of aromatic nitrogens is 3. The zero-order chi connectivity index (χ0) is 29.8. The van der Waals surface area contributed by atoms with Gasteiger partial charge in [-0.1, -0.05) is 48.5 Å². The van der Waals surface area contributed by atoms with E-state index in [0.717, 1.165) is 50.2 Å². The van der Waals surface area contributed by atoms with Crippen LogP contribution in [-0.4, -0.2) is 62.0 Å². The summed E-state index contributed by atoms with van der Waals surface area (Å²) in [6.07, 6.45) is 8.01. The Labute approximate surface area is 262 Å². The summed E-state index contributed by atoms with van der Waals surface area (Å²) in [4.78, 5) is 26.8. The van der Waals surface area contributed by atoms with Crippen molar-refractivity contribution in [1.82, 2.24) is 24.3 Å². The molecule has 5 aromatic rings. The van der Waals surface area contributed by atoms with Gasteiger partial charge in [0, 0.05) is 31.2 Å². The molecule has 0 spiro atoms. The summed E-state index contributed by atoms with van der Waals surface area (Å²) in [5.74, 6) is 1.19. The Morgan fingerprint density at radius 3 is 2.45 bits per heavy atom. The van der Waals surface area contributed by atoms with Crippen LogP contribution < -0.4 is 0 Å². The van der Waals surface area contributed by atoms with Gasteiger partial charge in [-0.2, -0.15) is 0 Å². The molecular formula is C36H39N5O2S. The van der Waals surface area contributed by atoms with Crippen LogP contribution in [0.25, 0.3) is 22.1 Å². The molecule has 0 radical (unpaired) electrons. The fourth-order valence-corrected chi connectivity index (χ4v) is 8.92. The number of rotatable bonds is 6. The van der Waals surface area contributed by atoms with Crippen molar-refractivity contribution >= 4 is 40.3 Å². The Morgan fingerprint density at radius 1 is 0.955 bits per heavy atom. The highest BCUT2D eigenvalue weighted by Gasteiger charge is 2.44. The van der Waals surface area contributed by atoms with Gasteiger partial charge >= 0.3 is 0 Å². The summed E-state index contributed by atoms with van der Waals surface area (Å²) in [6, 6.07) is 27.0. The number of H-pyrrole nitrogens is 1. The van der Waals surface area contributed by atoms with Crippen LogP contribution >= 0.6 is 12.2 Å². The van der Waals surface area contributed by atoms with E-state index in [1.54, 1.807) is 0 Å². The van der Waals surface area contributed by atoms with Crippen LogP contribution in [0.15, 0.2) is 77.2 Å². The summed E-state index contributed by atoms with van der Waals surface area (Å²) < 4.78 is 8.10. The highest BCUT2D eigenvalue weighted by molar-refractivity contribution is 7.71. The number of hydrogen-bond acceptors (Lipinski definition) is 5. The Morgan fingerprint density at radius 2 is 1.68 bits per heavy atom. The minimum atomic E-state index is 0.0479. The number of likely N-dealkylation sites (tertiary alicyclic amines) is 1. The quantitative estimate of drug-likeness (QED) is 0.202. The molecule has 226 valence electrons. The van der Waals surface area contributed by atoms with E-state index in [1.165, 1.54) is 36.8 Å². The number of hydrogen-bond donors (Lipinski definition) is 1. The van der Waals surface area contributed by atoms with Gasteiger partial charge in [0.1, 0.15) is 5.82 Å². The molecule has 5 heterocycles. The fraction of sp³-hybridized carbons (Fsp3) is 0.417. The molecule has 7 nitrogen and oxygen atoms in total. The molecule has 8 rings (SSSR count). The standard InChI is InChI=1S/C36H39N5O2S/c1-24-37-30-11-5-6-12-31(30)41(24)28-22-26-14-15-27(23-28)40(26)21-18-36(25-8-3-2-4-9-25)16-19-39(20-17-36)34(42)29-10-7-13-32-33(29)38-35(44)43-32/h2-13,26-28H,14-23H2,1H3,(H,38,44)/t26-,27?,28?/m1/s1. The Bertz CT molecular complexity index is 1870. The number of carbonyl (C=O) groups excluding carboxylic acids is 1. The molecule has 3 atom stereocenters. The van der Waals surface area contributed by atoms with Gasteiger partial charge in [0.05, 0.1) is 22.1 Å². The molecule has 3 aliphatic rings. The zero-order valence-corrected chi connectivity index (χ0v) is 26.1. The predicted octanol–water partition coefficient (Wildman–Crippen LogP) is 7.58. The summed E-state index contributed by atoms with van der Waals surface area (Å²) in [6.45, 7) is 4.76. The van der Waals surface area contributed by atoms with Crippen molar-refractivity contribution in [2.45, 2.75) is 75.4 Å². The van der Waals surface area contributed by atoms with Gasteiger partial charge in [-0.05, 0) is 106 Å². The molecule has 2 unspecified atom stereocenters. The molecule has 8 heteroatoms. The molecular weight excluding hydrogens is 566 g/mol. The molecule has 2 aromatic heterocycles. The Balaban J connectivity index is 0.992. The molecule has 3 aromatic carbocycles. The molecule has 3 fully saturated rings. The number of nitrogens with one attached hydrogen (secondary N) is 1. The molecule has 0 saturated carbocycles. The second-order valence-corrected chi connectivity index (χ2v) is 13.5. The van der Waals surface area contributed by atoms with Gasteiger partial charge in [-0.25, -0.2) is 4.98 Å². The van der Waals surface area contributed by atoms with Crippen molar-refractivity contribution in [3.8, 4) is 0 Å². The highest BCUT2D eigenvalue weighted by Crippen LogP contribution is 2.45. The molecule has 3 saturated heterocycles. The van der Waals surface area contributed by atoms with E-state index in [9.17, 15) is 4.79 Å². The molecule has 1 N–H and O–H groups in total. The number of para-hydroxylation sites is 3. The third-order valence-corrected chi connectivity index (χ3v) is 11.1. The van der Waals surface area contributed by atoms with E-state index in [4.69, 9.17) is 21.6 Å². The Kier molecular flexibility index (Phi) is 6.94. The lowest BCUT2D eigenvalue weighted by molar-refractivity contribution is 0.0608. The SMILES string of the molecule is Cc1nc2ccccc2n1C1CC2CC[C@H](C1)N2CCC1(c2ccccc2)CCN(C(=O)c2cccc3oc(=S)[nH]c23)CC1. The first-order valence-electron chi connectivity index (χ1n) is 16.2. The monoisotopic (exact) mass is 605 g/mol. The van der Waals surface area contributed by atoms with Gasteiger partial charge in [0.15, 0.2) is 5.58 Å². The third kappa shape index (κ3) is 4.70. The largest absolute Gasteiger partial charge is 0.429 e. The lowest BCUT2D eigenvalue weighted by Gasteiger charge is -2.45. The first kappa shape index (κ1) is 27.8. The van der Waals surface area contributed by atoms with Crippen molar-refractivity contribution in [3.63, 3.8) is 0 Å². The van der Waals surface area contributed by atoms with Crippen LogP contribution in [0.1, 0.15) is 72.7 Å². The van der Waals surface area contributed by atoms with Gasteiger partial charge in [0.25, 0.3) is 10.7 Å². The number of imidazole rings is 1. The van der Waals surface area contributed by atoms with Crippen LogP contribution in [0, 0.1) is 11.8 Å². The minimum Gasteiger partial charge on any atom is -0.429 e. The Hall–Kier alpha value is -3.75. The molecule has 44 heavy (non-hydrogen) atoms. The second-order valence-electron chi connectivity index (χ2n) is 13.1. The van der Waals surface area contributed by atoms with E-state index in [2.05, 4.69) is 76.0 Å². The van der Waals surface area contributed by atoms with Crippen molar-refractivity contribution in [1.29, 1.82) is 0 Å². The molecule has 3 aliphatic heterocycles. The first-order chi connectivity index (χ1) is 21.5. The van der Waals surface area contributed by atoms with Crippen LogP contribution in [0.4, 0.5) is 0 Å². The summed E-state index contributed by atoms with van der Waals surface area (Å²) >= 11 is 5.20. The molecule has 2 bridgehead atoms. The van der Waals surface area contributed by atoms with Crippen LogP contribution in [0.2, 0.25) is 0 Å². The summed E-state index contributed by atoms with van der Waals surface area (Å²) in [7, 11) is 0. The fourth-order valence-electron chi connectivity index (χ4n) is 8.72. The van der Waals surface area contributed by atoms with Crippen molar-refractivity contribution in [2.75, 3.05) is 19.6 Å². The highest BCUT2D eigenvalue weighted by atomic mass is 32.1. The van der Waals surface area contributed by atoms with Crippen LogP contribution in [0.5, 0.6) is 0 Å². The average molecular weight is 606 g/mol. The number of amides is 1. The minimum absolute atomic E-state index is 0.0479. The zero-order valence-electron chi connectivity index (χ0n) is 25.2. The van der Waals surface area contributed by atoms with Gasteiger partial charge < -0.3 is 18.9 Å². The number of carbonyl (C=O) groups is 1. The number of piperidine rings is 2. The summed E-state index contributed by atoms with van der Waals surface area (Å²) in [5, 5.41) is 0. The first-order valence-corrected chi connectivity index (χ1v) is 16.6. The van der Waals surface area contributed by atoms with E-state index in [-0.39, 0.29) is 11.3 Å². The molecule has 0 aliphatic carbocycles. The third-order valence-electron chi connectivity index (χ3n) is 10.9. The number of nitrogens with zero attached hydrogens (tertiary/aromatic N) is 4. The maximum Gasteiger partial charge on any atom is 0.266 e. The van der Waals surface area contributed by atoms with E-state index in [0.29, 0.717) is 39.6 Å². The van der Waals surface area contributed by atoms with E-state index < -0.39 is 0 Å². The number of aryl methyl sites for hydroxylation is 1. The maximum atomic E-state index is 13.7. The predicted molar refractivity (Wildman–Crippen MR) is 176 cm³/mol. The second kappa shape index (κ2) is 11.0. The lowest BCUT2D eigenvalue weighted by atomic mass is 9.70. The number of aromatic amines is 1. The average Bonchev–Trinajstić information content (AvgIpc) is 3.68. The van der Waals surface area contributed by atoms with Gasteiger partial charge in [-0.3, -0.25) is 9.69 Å². The number of benzene rings is 3. The van der Waals surface area contributed by atoms with Crippen LogP contribution in [-0.2, 0) is 5.41 Å². The lowest BCUT2D eigenvalue weighted by Crippen LogP contribution is -2.49. The van der Waals surface area contributed by atoms with E-state index >= 15 is 0 Å². The normalized spacial score (nSPS) is 23.5. The summed E-state index contributed by atoms with van der Waals surface area (Å²) in [5.41, 5.74) is 5.82. The van der Waals surface area contributed by atoms with Crippen LogP contribution in [0.3, 0.4) is 0 Å². The smallest absolute Gasteiger partial charge is 0.266 e. The number of oxazole rings is 1. The van der Waals surface area contributed by atoms with Gasteiger partial charge in [0.2, 0.25) is 0 Å². The van der Waals surface area contributed by atoms with Crippen molar-refractivity contribution in [2.24, 2.45) is 0 Å². The number of fused-ring (bicyclic) bond motifs is 4. The van der Waals surface area contributed by atoms with Crippen molar-refractivity contribution in [3.05, 3.63) is 94.6 Å². The van der Waals surface area contributed by atoms with E-state index in [1.807, 2.05) is 23.1 Å². The topological polar surface area (TPSA) is 70.3 Å². The molecule has 1 amide bonds. The van der Waals surface area contributed by atoms with Crippen molar-refractivity contribution < 1.29 is 9.21 Å². The maximum absolute atomic E-state index is 13.7.